The van der Waals surface area contributed by atoms with Gasteiger partial charge in [-0.1, -0.05) is 42.0 Å². The zero-order chi connectivity index (χ0) is 14.7. The van der Waals surface area contributed by atoms with Crippen LogP contribution in [0.25, 0.3) is 6.08 Å². The maximum Gasteiger partial charge on any atom is 0.0580 e. The smallest absolute Gasteiger partial charge is 0.0580 e. The molecule has 1 heterocycles. The van der Waals surface area contributed by atoms with Crippen molar-refractivity contribution < 1.29 is 0 Å². The van der Waals surface area contributed by atoms with E-state index in [1.807, 2.05) is 0 Å². The van der Waals surface area contributed by atoms with E-state index >= 15 is 0 Å². The van der Waals surface area contributed by atoms with Gasteiger partial charge in [-0.25, -0.2) is 0 Å². The lowest BCUT2D eigenvalue weighted by molar-refractivity contribution is 0.655. The molecule has 0 amide bonds. The Hall–Kier alpha value is -2.02. The van der Waals surface area contributed by atoms with Crippen LogP contribution >= 0.6 is 0 Å². The van der Waals surface area contributed by atoms with Gasteiger partial charge in [0.15, 0.2) is 0 Å². The van der Waals surface area contributed by atoms with Crippen LogP contribution in [-0.2, 0) is 6.42 Å². The molecule has 4 aliphatic rings. The van der Waals surface area contributed by atoms with Gasteiger partial charge in [-0.05, 0) is 60.1 Å². The van der Waals surface area contributed by atoms with E-state index in [1.54, 1.807) is 11.1 Å². The average molecular weight is 287 g/mol. The molecule has 110 valence electrons. The van der Waals surface area contributed by atoms with Gasteiger partial charge < -0.3 is 4.90 Å². The number of anilines is 1. The number of hydrogen-bond acceptors (Lipinski definition) is 1. The molecule has 2 unspecified atom stereocenters. The molecule has 1 heteroatoms. The predicted octanol–water partition coefficient (Wildman–Crippen LogP) is 4.76. The summed E-state index contributed by atoms with van der Waals surface area (Å²) in [6.45, 7) is 0. The van der Waals surface area contributed by atoms with E-state index in [0.29, 0.717) is 12.0 Å². The summed E-state index contributed by atoms with van der Waals surface area (Å²) in [5, 5.41) is 0. The fraction of sp³-hybridized carbons (Fsp3) is 0.333. The second-order valence-electron chi connectivity index (χ2n) is 6.91. The van der Waals surface area contributed by atoms with E-state index in [4.69, 9.17) is 0 Å². The Labute approximate surface area is 132 Å². The van der Waals surface area contributed by atoms with Crippen LogP contribution < -0.4 is 4.90 Å². The van der Waals surface area contributed by atoms with Gasteiger partial charge >= 0.3 is 0 Å². The first-order chi connectivity index (χ1) is 10.8. The minimum atomic E-state index is 0.507. The molecule has 1 aromatic rings. The standard InChI is InChI=1S/C21H21N/c1-22-19-11-10-14-6-4-5-9-17(14)21(19)18-12-15-7-2-3-8-16(15)13-20(18)22/h2,4,6-7,10-13,19,21H,3,5,8-9H2,1H3. The number of aryl methyl sites for hydroxylation is 1. The van der Waals surface area contributed by atoms with Crippen molar-refractivity contribution in [3.63, 3.8) is 0 Å². The largest absolute Gasteiger partial charge is 0.367 e. The summed E-state index contributed by atoms with van der Waals surface area (Å²) in [5.74, 6) is 0.561. The van der Waals surface area contributed by atoms with E-state index in [-0.39, 0.29) is 0 Å². The first-order valence-corrected chi connectivity index (χ1v) is 8.47. The molecule has 1 aliphatic heterocycles. The molecule has 3 aliphatic carbocycles. The highest BCUT2D eigenvalue weighted by Gasteiger charge is 2.40. The van der Waals surface area contributed by atoms with E-state index < -0.39 is 0 Å². The second kappa shape index (κ2) is 4.49. The summed E-state index contributed by atoms with van der Waals surface area (Å²) >= 11 is 0. The van der Waals surface area contributed by atoms with Crippen molar-refractivity contribution in [2.45, 2.75) is 37.6 Å². The normalized spacial score (nSPS) is 27.6. The molecule has 0 radical (unpaired) electrons. The Kier molecular flexibility index (Phi) is 2.55. The Bertz CT molecular complexity index is 775. The van der Waals surface area contributed by atoms with Crippen molar-refractivity contribution in [1.29, 1.82) is 0 Å². The lowest BCUT2D eigenvalue weighted by Gasteiger charge is -2.31. The number of benzene rings is 1. The molecule has 2 atom stereocenters. The van der Waals surface area contributed by atoms with Crippen molar-refractivity contribution in [3.05, 3.63) is 70.3 Å². The van der Waals surface area contributed by atoms with Gasteiger partial charge in [-0.15, -0.1) is 0 Å². The highest BCUT2D eigenvalue weighted by molar-refractivity contribution is 5.73. The van der Waals surface area contributed by atoms with Crippen molar-refractivity contribution in [1.82, 2.24) is 0 Å². The van der Waals surface area contributed by atoms with E-state index in [2.05, 4.69) is 60.5 Å². The molecule has 0 bridgehead atoms. The third kappa shape index (κ3) is 1.60. The first kappa shape index (κ1) is 12.5. The van der Waals surface area contributed by atoms with E-state index in [9.17, 15) is 0 Å². The summed E-state index contributed by atoms with van der Waals surface area (Å²) in [6.07, 6.45) is 18.8. The Morgan fingerprint density at radius 1 is 1.00 bits per heavy atom. The Balaban J connectivity index is 1.71. The first-order valence-electron chi connectivity index (χ1n) is 8.47. The number of rotatable bonds is 0. The molecule has 0 N–H and O–H groups in total. The zero-order valence-electron chi connectivity index (χ0n) is 13.0. The van der Waals surface area contributed by atoms with Crippen molar-refractivity contribution in [2.75, 3.05) is 11.9 Å². The minimum absolute atomic E-state index is 0.507. The fourth-order valence-corrected chi connectivity index (χ4v) is 4.64. The summed E-state index contributed by atoms with van der Waals surface area (Å²) in [7, 11) is 2.27. The van der Waals surface area contributed by atoms with Crippen LogP contribution in [0.4, 0.5) is 5.69 Å². The molecule has 0 spiro atoms. The molecule has 0 fully saturated rings. The molecule has 0 aromatic heterocycles. The van der Waals surface area contributed by atoms with Crippen molar-refractivity contribution >= 4 is 11.8 Å². The van der Waals surface area contributed by atoms with Crippen LogP contribution in [-0.4, -0.2) is 13.1 Å². The van der Waals surface area contributed by atoms with Crippen LogP contribution in [0.15, 0.2) is 53.7 Å². The zero-order valence-corrected chi connectivity index (χ0v) is 13.0. The van der Waals surface area contributed by atoms with E-state index in [0.717, 1.165) is 0 Å². The molecule has 1 aromatic carbocycles. The van der Waals surface area contributed by atoms with Crippen LogP contribution in [0.2, 0.25) is 0 Å². The fourth-order valence-electron chi connectivity index (χ4n) is 4.64. The van der Waals surface area contributed by atoms with Gasteiger partial charge in [0, 0.05) is 18.7 Å². The number of fused-ring (bicyclic) bond motifs is 5. The molecule has 22 heavy (non-hydrogen) atoms. The molecule has 0 saturated carbocycles. The number of hydrogen-bond donors (Lipinski definition) is 0. The van der Waals surface area contributed by atoms with Gasteiger partial charge in [-0.3, -0.25) is 0 Å². The second-order valence-corrected chi connectivity index (χ2v) is 6.91. The number of nitrogens with zero attached hydrogens (tertiary/aromatic N) is 1. The highest BCUT2D eigenvalue weighted by Crippen LogP contribution is 2.50. The average Bonchev–Trinajstić information content (AvgIpc) is 2.85. The maximum atomic E-state index is 2.50. The minimum Gasteiger partial charge on any atom is -0.367 e. The van der Waals surface area contributed by atoms with Gasteiger partial charge in [0.1, 0.15) is 0 Å². The summed E-state index contributed by atoms with van der Waals surface area (Å²) in [4.78, 5) is 2.50. The van der Waals surface area contributed by atoms with Gasteiger partial charge in [0.2, 0.25) is 0 Å². The van der Waals surface area contributed by atoms with Gasteiger partial charge in [0.05, 0.1) is 6.04 Å². The quantitative estimate of drug-likeness (QED) is 0.664. The molecular formula is C21H21N. The highest BCUT2D eigenvalue weighted by atomic mass is 15.2. The topological polar surface area (TPSA) is 3.24 Å². The van der Waals surface area contributed by atoms with Gasteiger partial charge in [-0.2, -0.15) is 0 Å². The van der Waals surface area contributed by atoms with E-state index in [1.165, 1.54) is 48.1 Å². The number of allylic oxidation sites excluding steroid dienone is 5. The Morgan fingerprint density at radius 2 is 1.86 bits per heavy atom. The predicted molar refractivity (Wildman–Crippen MR) is 93.3 cm³/mol. The molecular weight excluding hydrogens is 266 g/mol. The molecule has 0 saturated heterocycles. The number of likely N-dealkylation sites (N-methyl/N-ethyl adjacent to an activating group) is 1. The molecule has 5 rings (SSSR count). The van der Waals surface area contributed by atoms with Crippen molar-refractivity contribution in [3.8, 4) is 0 Å². The summed E-state index contributed by atoms with van der Waals surface area (Å²) in [5.41, 5.74) is 9.08. The van der Waals surface area contributed by atoms with Gasteiger partial charge in [0.25, 0.3) is 0 Å². The van der Waals surface area contributed by atoms with Crippen LogP contribution in [0.3, 0.4) is 0 Å². The third-order valence-corrected chi connectivity index (χ3v) is 5.77. The van der Waals surface area contributed by atoms with Crippen molar-refractivity contribution in [2.24, 2.45) is 0 Å². The third-order valence-electron chi connectivity index (χ3n) is 5.77. The molecule has 1 nitrogen and oxygen atoms in total. The summed E-state index contributed by atoms with van der Waals surface area (Å²) < 4.78 is 0. The van der Waals surface area contributed by atoms with Crippen LogP contribution in [0.1, 0.15) is 41.9 Å². The summed E-state index contributed by atoms with van der Waals surface area (Å²) in [6, 6.07) is 5.44. The maximum absolute atomic E-state index is 2.50. The lowest BCUT2D eigenvalue weighted by Crippen LogP contribution is -2.31. The Morgan fingerprint density at radius 3 is 2.82 bits per heavy atom. The monoisotopic (exact) mass is 287 g/mol. The van der Waals surface area contributed by atoms with Crippen LogP contribution in [0, 0.1) is 0 Å². The SMILES string of the molecule is CN1c2cc3c(cc2C2C4=C(C=CCC4)C=CC21)C=CCC3. The lowest BCUT2D eigenvalue weighted by atomic mass is 9.76. The van der Waals surface area contributed by atoms with Crippen LogP contribution in [0.5, 0.6) is 0 Å².